The third-order valence-electron chi connectivity index (χ3n) is 2.09. The van der Waals surface area contributed by atoms with Gasteiger partial charge in [0, 0.05) is 0 Å². The highest BCUT2D eigenvalue weighted by Gasteiger charge is 2.36. The first-order valence-electron chi connectivity index (χ1n) is 5.41. The Balaban J connectivity index is 2.90. The van der Waals surface area contributed by atoms with Gasteiger partial charge < -0.3 is 24.3 Å². The first kappa shape index (κ1) is 14.4. The standard InChI is InChI=1S/C10H18NO5P/c1-3-14-17(13,15-4-2)10(11)9-6-5-8(7-12)16-9/h5-6,10,12H,3-4,7,11H2,1-2H3/t10-/m1/s1. The molecule has 0 saturated carbocycles. The minimum Gasteiger partial charge on any atom is -0.461 e. The summed E-state index contributed by atoms with van der Waals surface area (Å²) in [6.07, 6.45) is 0. The number of rotatable bonds is 7. The van der Waals surface area contributed by atoms with Crippen molar-refractivity contribution in [2.24, 2.45) is 5.73 Å². The molecule has 0 fully saturated rings. The fourth-order valence-electron chi connectivity index (χ4n) is 1.35. The minimum atomic E-state index is -3.43. The molecule has 0 unspecified atom stereocenters. The van der Waals surface area contributed by atoms with Crippen molar-refractivity contribution in [1.29, 1.82) is 0 Å². The molecule has 0 aliphatic carbocycles. The van der Waals surface area contributed by atoms with Crippen LogP contribution in [0.5, 0.6) is 0 Å². The first-order valence-corrected chi connectivity index (χ1v) is 7.02. The molecular weight excluding hydrogens is 245 g/mol. The average Bonchev–Trinajstić information content (AvgIpc) is 2.77. The maximum Gasteiger partial charge on any atom is 0.354 e. The maximum absolute atomic E-state index is 12.3. The second-order valence-corrected chi connectivity index (χ2v) is 5.43. The smallest absolute Gasteiger partial charge is 0.354 e. The van der Waals surface area contributed by atoms with Gasteiger partial charge in [-0.2, -0.15) is 0 Å². The first-order chi connectivity index (χ1) is 8.07. The van der Waals surface area contributed by atoms with E-state index >= 15 is 0 Å². The molecule has 1 aromatic rings. The molecule has 17 heavy (non-hydrogen) atoms. The van der Waals surface area contributed by atoms with Crippen LogP contribution in [0.3, 0.4) is 0 Å². The lowest BCUT2D eigenvalue weighted by molar-refractivity contribution is 0.206. The van der Waals surface area contributed by atoms with E-state index in [-0.39, 0.29) is 25.6 Å². The lowest BCUT2D eigenvalue weighted by Gasteiger charge is -2.21. The molecule has 0 spiro atoms. The molecule has 1 heterocycles. The van der Waals surface area contributed by atoms with Gasteiger partial charge in [0.1, 0.15) is 18.1 Å². The van der Waals surface area contributed by atoms with E-state index in [0.717, 1.165) is 0 Å². The predicted octanol–water partition coefficient (Wildman–Crippen LogP) is 2.00. The molecule has 7 heteroatoms. The average molecular weight is 263 g/mol. The third-order valence-corrected chi connectivity index (χ3v) is 4.26. The van der Waals surface area contributed by atoms with Crippen molar-refractivity contribution in [1.82, 2.24) is 0 Å². The molecule has 0 bridgehead atoms. The van der Waals surface area contributed by atoms with Crippen LogP contribution in [-0.2, 0) is 20.2 Å². The zero-order chi connectivity index (χ0) is 12.9. The Kier molecular flexibility index (Phi) is 5.36. The zero-order valence-electron chi connectivity index (χ0n) is 9.96. The van der Waals surface area contributed by atoms with Gasteiger partial charge in [-0.05, 0) is 26.0 Å². The molecule has 0 aliphatic heterocycles. The van der Waals surface area contributed by atoms with E-state index in [2.05, 4.69) is 0 Å². The quantitative estimate of drug-likeness (QED) is 0.730. The normalized spacial score (nSPS) is 13.9. The van der Waals surface area contributed by atoms with Crippen LogP contribution in [0.25, 0.3) is 0 Å². The molecule has 1 rings (SSSR count). The molecule has 0 aromatic carbocycles. The Morgan fingerprint density at radius 1 is 1.41 bits per heavy atom. The molecule has 0 amide bonds. The van der Waals surface area contributed by atoms with Gasteiger partial charge in [0.05, 0.1) is 13.2 Å². The second kappa shape index (κ2) is 6.33. The number of nitrogens with two attached hydrogens (primary N) is 1. The van der Waals surface area contributed by atoms with Crippen LogP contribution in [0.15, 0.2) is 16.5 Å². The van der Waals surface area contributed by atoms with Crippen LogP contribution in [-0.4, -0.2) is 18.3 Å². The molecule has 0 saturated heterocycles. The molecule has 6 nitrogen and oxygen atoms in total. The van der Waals surface area contributed by atoms with Crippen molar-refractivity contribution < 1.29 is 23.1 Å². The van der Waals surface area contributed by atoms with Crippen molar-refractivity contribution in [3.63, 3.8) is 0 Å². The maximum atomic E-state index is 12.3. The summed E-state index contributed by atoms with van der Waals surface area (Å²) in [5.41, 5.74) is 5.83. The number of hydrogen-bond acceptors (Lipinski definition) is 6. The third kappa shape index (κ3) is 3.40. The fourth-order valence-corrected chi connectivity index (χ4v) is 2.92. The largest absolute Gasteiger partial charge is 0.461 e. The minimum absolute atomic E-state index is 0.235. The zero-order valence-corrected chi connectivity index (χ0v) is 10.9. The van der Waals surface area contributed by atoms with E-state index in [0.29, 0.717) is 5.76 Å². The second-order valence-electron chi connectivity index (χ2n) is 3.28. The van der Waals surface area contributed by atoms with Crippen LogP contribution >= 0.6 is 7.60 Å². The summed E-state index contributed by atoms with van der Waals surface area (Å²) < 4.78 is 27.8. The monoisotopic (exact) mass is 263 g/mol. The Morgan fingerprint density at radius 2 is 2.00 bits per heavy atom. The summed E-state index contributed by atoms with van der Waals surface area (Å²) in [6, 6.07) is 3.12. The van der Waals surface area contributed by atoms with E-state index in [1.54, 1.807) is 26.0 Å². The van der Waals surface area contributed by atoms with Gasteiger partial charge in [0.2, 0.25) is 0 Å². The van der Waals surface area contributed by atoms with Crippen LogP contribution in [0.2, 0.25) is 0 Å². The number of aliphatic hydroxyl groups is 1. The van der Waals surface area contributed by atoms with Crippen molar-refractivity contribution in [3.05, 3.63) is 23.7 Å². The molecular formula is C10H18NO5P. The summed E-state index contributed by atoms with van der Waals surface area (Å²) in [5.74, 6) is -0.350. The van der Waals surface area contributed by atoms with E-state index in [4.69, 9.17) is 24.3 Å². The number of furan rings is 1. The summed E-state index contributed by atoms with van der Waals surface area (Å²) >= 11 is 0. The van der Waals surface area contributed by atoms with Gasteiger partial charge in [0.15, 0.2) is 5.78 Å². The highest BCUT2D eigenvalue weighted by atomic mass is 31.2. The van der Waals surface area contributed by atoms with Crippen molar-refractivity contribution in [2.45, 2.75) is 26.2 Å². The van der Waals surface area contributed by atoms with Crippen LogP contribution in [0.1, 0.15) is 31.2 Å². The molecule has 3 N–H and O–H groups in total. The van der Waals surface area contributed by atoms with E-state index in [1.807, 2.05) is 0 Å². The highest BCUT2D eigenvalue weighted by Crippen LogP contribution is 2.58. The Morgan fingerprint density at radius 3 is 2.41 bits per heavy atom. The number of hydrogen-bond donors (Lipinski definition) is 2. The van der Waals surface area contributed by atoms with Gasteiger partial charge in [-0.1, -0.05) is 0 Å². The van der Waals surface area contributed by atoms with E-state index < -0.39 is 13.4 Å². The van der Waals surface area contributed by atoms with Gasteiger partial charge in [-0.15, -0.1) is 0 Å². The molecule has 1 atom stereocenters. The Bertz CT molecular complexity index is 382. The summed E-state index contributed by atoms with van der Waals surface area (Å²) in [6.45, 7) is 3.65. The Labute approximate surface area is 100 Å². The van der Waals surface area contributed by atoms with Crippen molar-refractivity contribution in [3.8, 4) is 0 Å². The molecule has 0 radical (unpaired) electrons. The van der Waals surface area contributed by atoms with Gasteiger partial charge in [-0.3, -0.25) is 4.57 Å². The SMILES string of the molecule is CCOP(=O)(OCC)[C@@H](N)c1ccc(CO)o1. The van der Waals surface area contributed by atoms with Crippen LogP contribution in [0, 0.1) is 0 Å². The van der Waals surface area contributed by atoms with Gasteiger partial charge >= 0.3 is 7.60 Å². The van der Waals surface area contributed by atoms with E-state index in [9.17, 15) is 4.57 Å². The Hall–Kier alpha value is -0.650. The van der Waals surface area contributed by atoms with Crippen molar-refractivity contribution in [2.75, 3.05) is 13.2 Å². The van der Waals surface area contributed by atoms with Gasteiger partial charge in [0.25, 0.3) is 0 Å². The lowest BCUT2D eigenvalue weighted by atomic mass is 10.4. The van der Waals surface area contributed by atoms with Gasteiger partial charge in [-0.25, -0.2) is 0 Å². The highest BCUT2D eigenvalue weighted by molar-refractivity contribution is 7.54. The molecule has 1 aromatic heterocycles. The van der Waals surface area contributed by atoms with Crippen LogP contribution in [0.4, 0.5) is 0 Å². The fraction of sp³-hybridized carbons (Fsp3) is 0.600. The van der Waals surface area contributed by atoms with Crippen molar-refractivity contribution >= 4 is 7.60 Å². The number of aliphatic hydroxyl groups excluding tert-OH is 1. The topological polar surface area (TPSA) is 94.9 Å². The van der Waals surface area contributed by atoms with Crippen LogP contribution < -0.4 is 5.73 Å². The predicted molar refractivity (Wildman–Crippen MR) is 62.4 cm³/mol. The lowest BCUT2D eigenvalue weighted by Crippen LogP contribution is -2.14. The molecule has 98 valence electrons. The summed E-state index contributed by atoms with van der Waals surface area (Å²) in [4.78, 5) is 0. The summed E-state index contributed by atoms with van der Waals surface area (Å²) in [7, 11) is -3.43. The van der Waals surface area contributed by atoms with E-state index in [1.165, 1.54) is 0 Å². The summed E-state index contributed by atoms with van der Waals surface area (Å²) in [5, 5.41) is 8.88. The molecule has 0 aliphatic rings.